The molecule has 1 aliphatic rings. The molecule has 0 aliphatic heterocycles. The fourth-order valence-electron chi connectivity index (χ4n) is 1.60. The number of aromatic nitrogens is 1. The molecule has 0 radical (unpaired) electrons. The van der Waals surface area contributed by atoms with Crippen LogP contribution in [0, 0.1) is 5.92 Å². The van der Waals surface area contributed by atoms with Gasteiger partial charge in [-0.05, 0) is 25.3 Å². The van der Waals surface area contributed by atoms with Crippen LogP contribution in [0.3, 0.4) is 0 Å². The van der Waals surface area contributed by atoms with Gasteiger partial charge in [0.05, 0.1) is 10.7 Å². The molecule has 1 aliphatic carbocycles. The molecule has 4 N–H and O–H groups in total. The SMILES string of the molecule is Nc1cc(Cl)cnc1NCCCNC(=O)C1CC1. The number of carbonyl (C=O) groups excluding carboxylic acids is 1. The molecule has 0 bridgehead atoms. The lowest BCUT2D eigenvalue weighted by atomic mass is 10.3. The maximum absolute atomic E-state index is 11.4. The minimum absolute atomic E-state index is 0.180. The molecule has 1 aromatic heterocycles. The third kappa shape index (κ3) is 3.77. The van der Waals surface area contributed by atoms with E-state index in [0.29, 0.717) is 29.6 Å². The van der Waals surface area contributed by atoms with E-state index in [4.69, 9.17) is 17.3 Å². The molecule has 6 heteroatoms. The molecule has 1 amide bonds. The van der Waals surface area contributed by atoms with Crippen LogP contribution in [0.15, 0.2) is 12.3 Å². The third-order valence-electron chi connectivity index (χ3n) is 2.78. The molecule has 0 saturated heterocycles. The number of nitrogens with two attached hydrogens (primary N) is 1. The Morgan fingerprint density at radius 1 is 1.50 bits per heavy atom. The van der Waals surface area contributed by atoms with Crippen LogP contribution in [0.5, 0.6) is 0 Å². The van der Waals surface area contributed by atoms with Crippen molar-refractivity contribution in [1.29, 1.82) is 0 Å². The smallest absolute Gasteiger partial charge is 0.223 e. The monoisotopic (exact) mass is 268 g/mol. The van der Waals surface area contributed by atoms with Gasteiger partial charge in [0.25, 0.3) is 0 Å². The van der Waals surface area contributed by atoms with E-state index < -0.39 is 0 Å². The predicted octanol–water partition coefficient (Wildman–Crippen LogP) is 1.65. The van der Waals surface area contributed by atoms with Crippen LogP contribution in [0.2, 0.25) is 5.02 Å². The van der Waals surface area contributed by atoms with Crippen molar-refractivity contribution >= 4 is 29.0 Å². The van der Waals surface area contributed by atoms with Gasteiger partial charge in [0.2, 0.25) is 5.91 Å². The number of hydrogen-bond donors (Lipinski definition) is 3. The molecule has 98 valence electrons. The number of nitrogen functional groups attached to an aromatic ring is 1. The molecule has 0 spiro atoms. The first-order valence-electron chi connectivity index (χ1n) is 6.09. The van der Waals surface area contributed by atoms with Crippen LogP contribution in [0.25, 0.3) is 0 Å². The van der Waals surface area contributed by atoms with Crippen LogP contribution < -0.4 is 16.4 Å². The lowest BCUT2D eigenvalue weighted by molar-refractivity contribution is -0.122. The Kier molecular flexibility index (Phi) is 4.25. The Balaban J connectivity index is 1.63. The largest absolute Gasteiger partial charge is 0.396 e. The summed E-state index contributed by atoms with van der Waals surface area (Å²) < 4.78 is 0. The van der Waals surface area contributed by atoms with E-state index in [1.165, 1.54) is 0 Å². The molecule has 1 fully saturated rings. The van der Waals surface area contributed by atoms with Crippen molar-refractivity contribution in [2.45, 2.75) is 19.3 Å². The molecule has 18 heavy (non-hydrogen) atoms. The first-order chi connectivity index (χ1) is 8.66. The average Bonchev–Trinajstić information content (AvgIpc) is 3.15. The summed E-state index contributed by atoms with van der Waals surface area (Å²) >= 11 is 5.75. The molecule has 5 nitrogen and oxygen atoms in total. The number of halogens is 1. The van der Waals surface area contributed by atoms with Gasteiger partial charge in [-0.2, -0.15) is 0 Å². The summed E-state index contributed by atoms with van der Waals surface area (Å²) in [5.74, 6) is 1.08. The van der Waals surface area contributed by atoms with Crippen molar-refractivity contribution in [2.24, 2.45) is 5.92 Å². The van der Waals surface area contributed by atoms with Gasteiger partial charge in [0.1, 0.15) is 5.82 Å². The van der Waals surface area contributed by atoms with Gasteiger partial charge < -0.3 is 16.4 Å². The van der Waals surface area contributed by atoms with Crippen LogP contribution in [-0.2, 0) is 4.79 Å². The normalized spacial score (nSPS) is 14.3. The van der Waals surface area contributed by atoms with Crippen molar-refractivity contribution in [3.05, 3.63) is 17.3 Å². The topological polar surface area (TPSA) is 80.0 Å². The minimum atomic E-state index is 0.180. The zero-order valence-electron chi connectivity index (χ0n) is 10.1. The molecule has 1 saturated carbocycles. The summed E-state index contributed by atoms with van der Waals surface area (Å²) in [5, 5.41) is 6.54. The average molecular weight is 269 g/mol. The zero-order chi connectivity index (χ0) is 13.0. The van der Waals surface area contributed by atoms with E-state index in [0.717, 1.165) is 19.3 Å². The number of amides is 1. The number of nitrogens with one attached hydrogen (secondary N) is 2. The first kappa shape index (κ1) is 13.0. The number of hydrogen-bond acceptors (Lipinski definition) is 4. The second kappa shape index (κ2) is 5.91. The van der Waals surface area contributed by atoms with Crippen molar-refractivity contribution in [3.63, 3.8) is 0 Å². The first-order valence-corrected chi connectivity index (χ1v) is 6.47. The number of carbonyl (C=O) groups is 1. The van der Waals surface area contributed by atoms with Gasteiger partial charge in [0, 0.05) is 25.2 Å². The highest BCUT2D eigenvalue weighted by Crippen LogP contribution is 2.28. The van der Waals surface area contributed by atoms with E-state index >= 15 is 0 Å². The fourth-order valence-corrected chi connectivity index (χ4v) is 1.77. The van der Waals surface area contributed by atoms with E-state index in [1.807, 2.05) is 0 Å². The maximum Gasteiger partial charge on any atom is 0.223 e. The molecule has 1 heterocycles. The predicted molar refractivity (Wildman–Crippen MR) is 72.5 cm³/mol. The maximum atomic E-state index is 11.4. The number of pyridine rings is 1. The van der Waals surface area contributed by atoms with Gasteiger partial charge in [-0.3, -0.25) is 4.79 Å². The highest BCUT2D eigenvalue weighted by molar-refractivity contribution is 6.30. The molecule has 0 aromatic carbocycles. The van der Waals surface area contributed by atoms with Gasteiger partial charge >= 0.3 is 0 Å². The lowest BCUT2D eigenvalue weighted by Gasteiger charge is -2.08. The molecule has 0 unspecified atom stereocenters. The highest BCUT2D eigenvalue weighted by atomic mass is 35.5. The van der Waals surface area contributed by atoms with Crippen molar-refractivity contribution in [2.75, 3.05) is 24.1 Å². The van der Waals surface area contributed by atoms with Gasteiger partial charge in [-0.15, -0.1) is 0 Å². The minimum Gasteiger partial charge on any atom is -0.396 e. The van der Waals surface area contributed by atoms with Gasteiger partial charge in [0.15, 0.2) is 0 Å². The number of nitrogens with zero attached hydrogens (tertiary/aromatic N) is 1. The zero-order valence-corrected chi connectivity index (χ0v) is 10.8. The van der Waals surface area contributed by atoms with Gasteiger partial charge in [-0.1, -0.05) is 11.6 Å². The standard InChI is InChI=1S/C12H17ClN4O/c13-9-6-10(14)11(17-7-9)15-4-1-5-16-12(18)8-2-3-8/h6-8H,1-5,14H2,(H,15,17)(H,16,18). The Hall–Kier alpha value is -1.49. The van der Waals surface area contributed by atoms with Crippen molar-refractivity contribution in [3.8, 4) is 0 Å². The lowest BCUT2D eigenvalue weighted by Crippen LogP contribution is -2.27. The summed E-state index contributed by atoms with van der Waals surface area (Å²) in [6.07, 6.45) is 4.46. The second-order valence-corrected chi connectivity index (χ2v) is 4.87. The van der Waals surface area contributed by atoms with Crippen molar-refractivity contribution < 1.29 is 4.79 Å². The Morgan fingerprint density at radius 2 is 2.28 bits per heavy atom. The number of rotatable bonds is 6. The molecule has 1 aromatic rings. The number of anilines is 2. The van der Waals surface area contributed by atoms with Crippen LogP contribution in [0.4, 0.5) is 11.5 Å². The molecule has 0 atom stereocenters. The third-order valence-corrected chi connectivity index (χ3v) is 2.98. The van der Waals surface area contributed by atoms with Crippen LogP contribution in [0.1, 0.15) is 19.3 Å². The summed E-state index contributed by atoms with van der Waals surface area (Å²) in [7, 11) is 0. The quantitative estimate of drug-likeness (QED) is 0.686. The Labute approximate surface area is 111 Å². The molecule has 2 rings (SSSR count). The summed E-state index contributed by atoms with van der Waals surface area (Å²) in [4.78, 5) is 15.4. The van der Waals surface area contributed by atoms with E-state index in [-0.39, 0.29) is 11.8 Å². The molecular weight excluding hydrogens is 252 g/mol. The summed E-state index contributed by atoms with van der Waals surface area (Å²) in [6.45, 7) is 1.39. The van der Waals surface area contributed by atoms with Crippen LogP contribution >= 0.6 is 11.6 Å². The fraction of sp³-hybridized carbons (Fsp3) is 0.500. The van der Waals surface area contributed by atoms with Gasteiger partial charge in [-0.25, -0.2) is 4.98 Å². The van der Waals surface area contributed by atoms with Crippen molar-refractivity contribution in [1.82, 2.24) is 10.3 Å². The Morgan fingerprint density at radius 3 is 2.94 bits per heavy atom. The second-order valence-electron chi connectivity index (χ2n) is 4.44. The van der Waals surface area contributed by atoms with Crippen LogP contribution in [-0.4, -0.2) is 24.0 Å². The summed E-state index contributed by atoms with van der Waals surface area (Å²) in [5.41, 5.74) is 6.29. The highest BCUT2D eigenvalue weighted by Gasteiger charge is 2.28. The Bertz CT molecular complexity index is 434. The van der Waals surface area contributed by atoms with E-state index in [1.54, 1.807) is 12.3 Å². The van der Waals surface area contributed by atoms with E-state index in [9.17, 15) is 4.79 Å². The van der Waals surface area contributed by atoms with E-state index in [2.05, 4.69) is 15.6 Å². The summed E-state index contributed by atoms with van der Waals surface area (Å²) in [6, 6.07) is 1.66. The molecular formula is C12H17ClN4O.